The molecule has 0 aromatic heterocycles. The molecule has 0 N–H and O–H groups in total. The van der Waals surface area contributed by atoms with Gasteiger partial charge in [0.25, 0.3) is 0 Å². The maximum atomic E-state index is 13.0. The van der Waals surface area contributed by atoms with Crippen molar-refractivity contribution in [1.29, 1.82) is 0 Å². The number of benzene rings is 3. The SMILES string of the molecule is COc1ccc(N2CCN(C(=O)CN(c3ccc(OCc4ccccc4)cc3)S(C)(=O)=O)CC2)cc1. The highest BCUT2D eigenvalue weighted by Gasteiger charge is 2.26. The van der Waals surface area contributed by atoms with Crippen LogP contribution in [0.25, 0.3) is 0 Å². The first-order valence-corrected chi connectivity index (χ1v) is 13.6. The van der Waals surface area contributed by atoms with Crippen LogP contribution in [-0.4, -0.2) is 65.3 Å². The average molecular weight is 510 g/mol. The summed E-state index contributed by atoms with van der Waals surface area (Å²) < 4.78 is 37.2. The molecule has 1 fully saturated rings. The van der Waals surface area contributed by atoms with E-state index in [0.29, 0.717) is 44.2 Å². The molecule has 4 rings (SSSR count). The first kappa shape index (κ1) is 25.4. The highest BCUT2D eigenvalue weighted by molar-refractivity contribution is 7.92. The Morgan fingerprint density at radius 2 is 1.47 bits per heavy atom. The highest BCUT2D eigenvalue weighted by Crippen LogP contribution is 2.24. The van der Waals surface area contributed by atoms with Gasteiger partial charge in [-0.15, -0.1) is 0 Å². The average Bonchev–Trinajstić information content (AvgIpc) is 2.91. The second-order valence-corrected chi connectivity index (χ2v) is 10.5. The third-order valence-corrected chi connectivity index (χ3v) is 7.26. The molecule has 190 valence electrons. The van der Waals surface area contributed by atoms with E-state index in [0.717, 1.165) is 27.6 Å². The van der Waals surface area contributed by atoms with Gasteiger partial charge in [0.1, 0.15) is 24.7 Å². The van der Waals surface area contributed by atoms with E-state index in [1.54, 1.807) is 36.3 Å². The predicted molar refractivity (Wildman–Crippen MR) is 141 cm³/mol. The van der Waals surface area contributed by atoms with Crippen molar-refractivity contribution in [1.82, 2.24) is 4.90 Å². The predicted octanol–water partition coefficient (Wildman–Crippen LogP) is 3.39. The van der Waals surface area contributed by atoms with Crippen LogP contribution < -0.4 is 18.7 Å². The van der Waals surface area contributed by atoms with Crippen LogP contribution in [0.15, 0.2) is 78.9 Å². The van der Waals surface area contributed by atoms with Gasteiger partial charge in [-0.05, 0) is 54.1 Å². The number of methoxy groups -OCH3 is 1. The van der Waals surface area contributed by atoms with Gasteiger partial charge in [0, 0.05) is 31.9 Å². The van der Waals surface area contributed by atoms with Gasteiger partial charge in [0.2, 0.25) is 15.9 Å². The van der Waals surface area contributed by atoms with Crippen molar-refractivity contribution in [3.05, 3.63) is 84.4 Å². The Balaban J connectivity index is 1.35. The molecule has 8 nitrogen and oxygen atoms in total. The van der Waals surface area contributed by atoms with E-state index in [9.17, 15) is 13.2 Å². The van der Waals surface area contributed by atoms with Crippen molar-refractivity contribution < 1.29 is 22.7 Å². The number of carbonyl (C=O) groups excluding carboxylic acids is 1. The van der Waals surface area contributed by atoms with Crippen LogP contribution in [0.3, 0.4) is 0 Å². The van der Waals surface area contributed by atoms with Gasteiger partial charge < -0.3 is 19.3 Å². The number of piperazine rings is 1. The molecule has 3 aromatic rings. The van der Waals surface area contributed by atoms with Crippen LogP contribution in [-0.2, 0) is 21.4 Å². The van der Waals surface area contributed by atoms with Crippen molar-refractivity contribution in [3.63, 3.8) is 0 Å². The van der Waals surface area contributed by atoms with Crippen LogP contribution in [0.4, 0.5) is 11.4 Å². The highest BCUT2D eigenvalue weighted by atomic mass is 32.2. The summed E-state index contributed by atoms with van der Waals surface area (Å²) in [4.78, 5) is 17.0. The van der Waals surface area contributed by atoms with E-state index in [2.05, 4.69) is 4.90 Å². The van der Waals surface area contributed by atoms with Crippen molar-refractivity contribution >= 4 is 27.3 Å². The molecule has 3 aromatic carbocycles. The molecule has 0 unspecified atom stereocenters. The van der Waals surface area contributed by atoms with Crippen molar-refractivity contribution in [2.45, 2.75) is 6.61 Å². The minimum absolute atomic E-state index is 0.223. The van der Waals surface area contributed by atoms with Crippen LogP contribution in [0.5, 0.6) is 11.5 Å². The van der Waals surface area contributed by atoms with Crippen molar-refractivity contribution in [2.24, 2.45) is 0 Å². The second-order valence-electron chi connectivity index (χ2n) is 8.60. The molecule has 0 radical (unpaired) electrons. The lowest BCUT2D eigenvalue weighted by molar-refractivity contribution is -0.129. The topological polar surface area (TPSA) is 79.4 Å². The Kier molecular flexibility index (Phi) is 8.00. The summed E-state index contributed by atoms with van der Waals surface area (Å²) in [5, 5.41) is 0. The van der Waals surface area contributed by atoms with Gasteiger partial charge in [-0.2, -0.15) is 0 Å². The fourth-order valence-corrected chi connectivity index (χ4v) is 4.93. The fraction of sp³-hybridized carbons (Fsp3) is 0.296. The van der Waals surface area contributed by atoms with Crippen LogP contribution >= 0.6 is 0 Å². The lowest BCUT2D eigenvalue weighted by Gasteiger charge is -2.37. The largest absolute Gasteiger partial charge is 0.497 e. The van der Waals surface area contributed by atoms with Crippen LogP contribution in [0.1, 0.15) is 5.56 Å². The maximum Gasteiger partial charge on any atom is 0.243 e. The molecule has 36 heavy (non-hydrogen) atoms. The van der Waals surface area contributed by atoms with Gasteiger partial charge in [-0.3, -0.25) is 9.10 Å². The van der Waals surface area contributed by atoms with Crippen LogP contribution in [0.2, 0.25) is 0 Å². The molecule has 1 saturated heterocycles. The molecule has 0 spiro atoms. The number of hydrogen-bond acceptors (Lipinski definition) is 6. The summed E-state index contributed by atoms with van der Waals surface area (Å²) in [6.45, 7) is 2.56. The Bertz CT molecular complexity index is 1240. The summed E-state index contributed by atoms with van der Waals surface area (Å²) in [7, 11) is -2.03. The molecular formula is C27H31N3O5S. The normalized spacial score (nSPS) is 13.8. The number of nitrogens with zero attached hydrogens (tertiary/aromatic N) is 3. The van der Waals surface area contributed by atoms with Gasteiger partial charge >= 0.3 is 0 Å². The van der Waals surface area contributed by atoms with E-state index in [-0.39, 0.29) is 12.5 Å². The summed E-state index contributed by atoms with van der Waals surface area (Å²) in [5.41, 5.74) is 2.53. The molecule has 1 aliphatic heterocycles. The minimum Gasteiger partial charge on any atom is -0.497 e. The zero-order chi connectivity index (χ0) is 25.5. The molecule has 1 heterocycles. The van der Waals surface area contributed by atoms with E-state index in [4.69, 9.17) is 9.47 Å². The van der Waals surface area contributed by atoms with Crippen molar-refractivity contribution in [3.8, 4) is 11.5 Å². The van der Waals surface area contributed by atoms with E-state index >= 15 is 0 Å². The van der Waals surface area contributed by atoms with E-state index in [1.807, 2.05) is 54.6 Å². The smallest absolute Gasteiger partial charge is 0.243 e. The molecular weight excluding hydrogens is 478 g/mol. The number of ether oxygens (including phenoxy) is 2. The van der Waals surface area contributed by atoms with E-state index in [1.165, 1.54) is 0 Å². The first-order valence-electron chi connectivity index (χ1n) is 11.7. The third-order valence-electron chi connectivity index (χ3n) is 6.12. The summed E-state index contributed by atoms with van der Waals surface area (Å²) in [6.07, 6.45) is 1.11. The van der Waals surface area contributed by atoms with Gasteiger partial charge in [0.15, 0.2) is 0 Å². The Hall–Kier alpha value is -3.72. The molecule has 0 saturated carbocycles. The molecule has 0 aliphatic carbocycles. The Morgan fingerprint density at radius 3 is 2.06 bits per heavy atom. The molecule has 0 bridgehead atoms. The standard InChI is InChI=1S/C27H31N3O5S/c1-34-25-12-8-23(9-13-25)28-16-18-29(19-17-28)27(31)20-30(36(2,32)33)24-10-14-26(15-11-24)35-21-22-6-4-3-5-7-22/h3-15H,16-21H2,1-2H3. The quantitative estimate of drug-likeness (QED) is 0.440. The lowest BCUT2D eigenvalue weighted by Crippen LogP contribution is -2.52. The Morgan fingerprint density at radius 1 is 0.861 bits per heavy atom. The Labute approximate surface area is 212 Å². The number of rotatable bonds is 9. The summed E-state index contributed by atoms with van der Waals surface area (Å²) in [5.74, 6) is 1.19. The van der Waals surface area contributed by atoms with Crippen LogP contribution in [0, 0.1) is 0 Å². The first-order chi connectivity index (χ1) is 17.3. The second kappa shape index (κ2) is 11.3. The molecule has 1 amide bonds. The molecule has 1 aliphatic rings. The van der Waals surface area contributed by atoms with Gasteiger partial charge in [-0.25, -0.2) is 8.42 Å². The van der Waals surface area contributed by atoms with Gasteiger partial charge in [-0.1, -0.05) is 30.3 Å². The minimum atomic E-state index is -3.66. The number of amides is 1. The van der Waals surface area contributed by atoms with Gasteiger partial charge in [0.05, 0.1) is 19.1 Å². The lowest BCUT2D eigenvalue weighted by atomic mass is 10.2. The van der Waals surface area contributed by atoms with E-state index < -0.39 is 10.0 Å². The number of hydrogen-bond donors (Lipinski definition) is 0. The zero-order valence-electron chi connectivity index (χ0n) is 20.5. The summed E-state index contributed by atoms with van der Waals surface area (Å²) >= 11 is 0. The number of carbonyl (C=O) groups is 1. The summed E-state index contributed by atoms with van der Waals surface area (Å²) in [6, 6.07) is 24.4. The maximum absolute atomic E-state index is 13.0. The third kappa shape index (κ3) is 6.48. The zero-order valence-corrected chi connectivity index (χ0v) is 21.4. The monoisotopic (exact) mass is 509 g/mol. The van der Waals surface area contributed by atoms with Crippen molar-refractivity contribution in [2.75, 3.05) is 55.3 Å². The molecule has 9 heteroatoms. The number of sulfonamides is 1. The fourth-order valence-electron chi connectivity index (χ4n) is 4.08. The molecule has 0 atom stereocenters. The number of anilines is 2.